The molecule has 8 heteroatoms. The first-order chi connectivity index (χ1) is 13.3. The second-order valence-electron chi connectivity index (χ2n) is 7.54. The number of carbonyl (C=O) groups is 4. The number of rotatable bonds is 14. The van der Waals surface area contributed by atoms with Crippen molar-refractivity contribution in [2.45, 2.75) is 77.0 Å². The molecule has 0 aromatic heterocycles. The summed E-state index contributed by atoms with van der Waals surface area (Å²) in [7, 11) is 0. The maximum Gasteiger partial charge on any atom is 0.318 e. The molecule has 1 aliphatic rings. The minimum Gasteiger partial charge on any atom is -0.480 e. The normalized spacial score (nSPS) is 25.1. The molecule has 0 spiro atoms. The first-order valence-electron chi connectivity index (χ1n) is 10.1. The third-order valence-electron chi connectivity index (χ3n) is 5.91. The van der Waals surface area contributed by atoms with E-state index in [1.54, 1.807) is 0 Å². The zero-order valence-corrected chi connectivity index (χ0v) is 16.3. The molecule has 1 fully saturated rings. The summed E-state index contributed by atoms with van der Waals surface area (Å²) in [6.07, 6.45) is 3.16. The van der Waals surface area contributed by atoms with Gasteiger partial charge in [-0.25, -0.2) is 0 Å². The number of hydrogen-bond donors (Lipinski definition) is 4. The van der Waals surface area contributed by atoms with Crippen LogP contribution in [0.1, 0.15) is 77.0 Å². The van der Waals surface area contributed by atoms with Gasteiger partial charge < -0.3 is 20.4 Å². The Balaban J connectivity index is 3.20. The van der Waals surface area contributed by atoms with E-state index in [-0.39, 0.29) is 38.9 Å². The second-order valence-corrected chi connectivity index (χ2v) is 7.54. The van der Waals surface area contributed by atoms with Gasteiger partial charge in [-0.1, -0.05) is 38.5 Å². The van der Waals surface area contributed by atoms with Gasteiger partial charge in [-0.3, -0.25) is 19.2 Å². The van der Waals surface area contributed by atoms with E-state index >= 15 is 0 Å². The first kappa shape index (κ1) is 24.2. The van der Waals surface area contributed by atoms with E-state index in [0.717, 1.165) is 0 Å². The van der Waals surface area contributed by atoms with Crippen LogP contribution in [0.15, 0.2) is 0 Å². The SMILES string of the molecule is O=C(O)C1(CCCCCCO)C(=O)CCC(=O)C1(CCCCCCO)C(=O)O. The van der Waals surface area contributed by atoms with Crippen LogP contribution in [0, 0.1) is 10.8 Å². The van der Waals surface area contributed by atoms with E-state index in [2.05, 4.69) is 0 Å². The standard InChI is InChI=1S/C20H32O8/c21-13-7-3-1-5-11-19(17(25)26)15(23)9-10-16(24)20(19,18(27)28)12-6-2-4-8-14-22/h21-22H,1-14H2,(H,25,26)(H,27,28). The second kappa shape index (κ2) is 11.3. The number of ketones is 2. The third kappa shape index (κ3) is 4.78. The molecule has 4 N–H and O–H groups in total. The van der Waals surface area contributed by atoms with Crippen molar-refractivity contribution in [3.63, 3.8) is 0 Å². The van der Waals surface area contributed by atoms with Crippen molar-refractivity contribution in [1.29, 1.82) is 0 Å². The molecule has 0 aliphatic heterocycles. The van der Waals surface area contributed by atoms with Crippen LogP contribution in [0.2, 0.25) is 0 Å². The van der Waals surface area contributed by atoms with E-state index in [1.807, 2.05) is 0 Å². The summed E-state index contributed by atoms with van der Waals surface area (Å²) >= 11 is 0. The van der Waals surface area contributed by atoms with Gasteiger partial charge >= 0.3 is 11.9 Å². The topological polar surface area (TPSA) is 149 Å². The van der Waals surface area contributed by atoms with Gasteiger partial charge in [0.05, 0.1) is 0 Å². The van der Waals surface area contributed by atoms with E-state index in [9.17, 15) is 29.4 Å². The summed E-state index contributed by atoms with van der Waals surface area (Å²) in [6.45, 7) is 0.0167. The largest absolute Gasteiger partial charge is 0.480 e. The van der Waals surface area contributed by atoms with Crippen LogP contribution in [-0.2, 0) is 19.2 Å². The molecule has 1 aliphatic carbocycles. The fourth-order valence-electron chi connectivity index (χ4n) is 4.36. The third-order valence-corrected chi connectivity index (χ3v) is 5.91. The van der Waals surface area contributed by atoms with E-state index in [1.165, 1.54) is 0 Å². The molecule has 0 amide bonds. The van der Waals surface area contributed by atoms with Gasteiger partial charge in [0.15, 0.2) is 11.6 Å². The van der Waals surface area contributed by atoms with Crippen molar-refractivity contribution in [2.75, 3.05) is 13.2 Å². The maximum absolute atomic E-state index is 12.8. The van der Waals surface area contributed by atoms with Crippen LogP contribution in [0.4, 0.5) is 0 Å². The highest BCUT2D eigenvalue weighted by Gasteiger charge is 2.69. The molecule has 2 unspecified atom stereocenters. The number of Topliss-reactive ketones (excluding diaryl/α,β-unsaturated/α-hetero) is 2. The molecule has 0 aromatic carbocycles. The highest BCUT2D eigenvalue weighted by Crippen LogP contribution is 2.53. The predicted octanol–water partition coefficient (Wildman–Crippen LogP) is 1.95. The fourth-order valence-corrected chi connectivity index (χ4v) is 4.36. The van der Waals surface area contributed by atoms with Gasteiger partial charge in [-0.2, -0.15) is 0 Å². The summed E-state index contributed by atoms with van der Waals surface area (Å²) in [4.78, 5) is 50.2. The van der Waals surface area contributed by atoms with Gasteiger partial charge in [0.25, 0.3) is 0 Å². The average molecular weight is 400 g/mol. The minimum atomic E-state index is -2.25. The van der Waals surface area contributed by atoms with Gasteiger partial charge in [0, 0.05) is 26.1 Å². The van der Waals surface area contributed by atoms with Crippen molar-refractivity contribution in [2.24, 2.45) is 10.8 Å². The van der Waals surface area contributed by atoms with Gasteiger partial charge in [-0.05, 0) is 25.7 Å². The Labute approximate surface area is 164 Å². The number of carboxylic acids is 2. The predicted molar refractivity (Wildman–Crippen MR) is 99.7 cm³/mol. The molecule has 1 rings (SSSR count). The lowest BCUT2D eigenvalue weighted by Gasteiger charge is -2.46. The molecule has 2 atom stereocenters. The number of aliphatic hydroxyl groups is 2. The van der Waals surface area contributed by atoms with E-state index < -0.39 is 34.3 Å². The molecule has 8 nitrogen and oxygen atoms in total. The lowest BCUT2D eigenvalue weighted by atomic mass is 9.51. The Morgan fingerprint density at radius 3 is 1.25 bits per heavy atom. The number of carboxylic acid groups (broad SMARTS) is 2. The number of aliphatic hydroxyl groups excluding tert-OH is 2. The van der Waals surface area contributed by atoms with Crippen LogP contribution >= 0.6 is 0 Å². The van der Waals surface area contributed by atoms with Crippen molar-refractivity contribution >= 4 is 23.5 Å². The fraction of sp³-hybridized carbons (Fsp3) is 0.800. The highest BCUT2D eigenvalue weighted by molar-refractivity contribution is 6.20. The zero-order valence-electron chi connectivity index (χ0n) is 16.3. The van der Waals surface area contributed by atoms with Gasteiger partial charge in [0.2, 0.25) is 0 Å². The number of carbonyl (C=O) groups excluding carboxylic acids is 2. The molecule has 0 radical (unpaired) electrons. The molecule has 1 saturated carbocycles. The Bertz CT molecular complexity index is 523. The molecule has 0 saturated heterocycles. The molecular weight excluding hydrogens is 368 g/mol. The summed E-state index contributed by atoms with van der Waals surface area (Å²) in [5, 5.41) is 37.7. The summed E-state index contributed by atoms with van der Waals surface area (Å²) < 4.78 is 0. The Hall–Kier alpha value is -1.80. The van der Waals surface area contributed by atoms with Crippen LogP contribution in [0.3, 0.4) is 0 Å². The summed E-state index contributed by atoms with van der Waals surface area (Å²) in [5.41, 5.74) is -4.49. The quantitative estimate of drug-likeness (QED) is 0.255. The molecular formula is C20H32O8. The lowest BCUT2D eigenvalue weighted by Crippen LogP contribution is -2.63. The number of aliphatic carboxylic acids is 2. The summed E-state index contributed by atoms with van der Waals surface area (Å²) in [6, 6.07) is 0. The minimum absolute atomic E-state index is 0.00833. The molecule has 0 heterocycles. The Morgan fingerprint density at radius 1 is 0.643 bits per heavy atom. The van der Waals surface area contributed by atoms with Crippen molar-refractivity contribution in [1.82, 2.24) is 0 Å². The first-order valence-corrected chi connectivity index (χ1v) is 10.1. The Kier molecular flexibility index (Phi) is 9.75. The number of hydrogen-bond acceptors (Lipinski definition) is 6. The molecule has 0 bridgehead atoms. The molecule has 0 aromatic rings. The van der Waals surface area contributed by atoms with Crippen molar-refractivity contribution in [3.05, 3.63) is 0 Å². The van der Waals surface area contributed by atoms with Crippen LogP contribution in [0.25, 0.3) is 0 Å². The average Bonchev–Trinajstić information content (AvgIpc) is 2.65. The highest BCUT2D eigenvalue weighted by atomic mass is 16.4. The monoisotopic (exact) mass is 400 g/mol. The lowest BCUT2D eigenvalue weighted by molar-refractivity contribution is -0.187. The van der Waals surface area contributed by atoms with E-state index in [0.29, 0.717) is 51.4 Å². The smallest absolute Gasteiger partial charge is 0.318 e. The Morgan fingerprint density at radius 2 is 0.964 bits per heavy atom. The zero-order chi connectivity index (χ0) is 21.2. The van der Waals surface area contributed by atoms with Crippen LogP contribution < -0.4 is 0 Å². The van der Waals surface area contributed by atoms with Crippen LogP contribution in [0.5, 0.6) is 0 Å². The maximum atomic E-state index is 12.8. The van der Waals surface area contributed by atoms with Crippen molar-refractivity contribution < 1.29 is 39.6 Å². The van der Waals surface area contributed by atoms with Gasteiger partial charge in [0.1, 0.15) is 10.8 Å². The van der Waals surface area contributed by atoms with Gasteiger partial charge in [-0.15, -0.1) is 0 Å². The summed E-state index contributed by atoms with van der Waals surface area (Å²) in [5.74, 6) is -4.44. The molecule has 160 valence electrons. The van der Waals surface area contributed by atoms with Crippen molar-refractivity contribution in [3.8, 4) is 0 Å². The van der Waals surface area contributed by atoms with E-state index in [4.69, 9.17) is 10.2 Å². The number of unbranched alkanes of at least 4 members (excludes halogenated alkanes) is 6. The molecule has 28 heavy (non-hydrogen) atoms. The van der Waals surface area contributed by atoms with Crippen LogP contribution in [-0.4, -0.2) is 57.1 Å².